The summed E-state index contributed by atoms with van der Waals surface area (Å²) in [6.45, 7) is 12.0. The summed E-state index contributed by atoms with van der Waals surface area (Å²) in [5.74, 6) is 1.37. The van der Waals surface area contributed by atoms with Gasteiger partial charge < -0.3 is 29.6 Å². The normalized spacial score (nSPS) is 12.6. The van der Waals surface area contributed by atoms with Crippen LogP contribution in [-0.4, -0.2) is 54.5 Å². The molecular weight excluding hydrogens is 388 g/mol. The number of H-pyrrole nitrogens is 1. The predicted octanol–water partition coefficient (Wildman–Crippen LogP) is 1.27. The molecule has 0 bridgehead atoms. The van der Waals surface area contributed by atoms with Crippen molar-refractivity contribution in [1.29, 1.82) is 0 Å². The van der Waals surface area contributed by atoms with Crippen molar-refractivity contribution < 1.29 is 14.4 Å². The smallest absolute Gasteiger partial charge is 0.253 e. The minimum absolute atomic E-state index is 0.102. The van der Waals surface area contributed by atoms with Crippen LogP contribution in [0.3, 0.4) is 0 Å². The largest absolute Gasteiger partial charge is 0.454 e. The summed E-state index contributed by atoms with van der Waals surface area (Å²) in [4.78, 5) is 19.3. The Bertz CT molecular complexity index is 911. The Morgan fingerprint density at radius 3 is 2.62 bits per heavy atom. The molecule has 2 heterocycles. The minimum Gasteiger partial charge on any atom is -0.454 e. The first-order valence-electron chi connectivity index (χ1n) is 10.4. The molecule has 1 aliphatic rings. The molecule has 2 aromatic rings. The monoisotopic (exact) mass is 419 g/mol. The van der Waals surface area contributed by atoms with Crippen LogP contribution in [0.15, 0.2) is 23.0 Å². The van der Waals surface area contributed by atoms with Crippen molar-refractivity contribution in [2.75, 3.05) is 39.5 Å². The fourth-order valence-corrected chi connectivity index (χ4v) is 3.90. The first-order valence-corrected chi connectivity index (χ1v) is 10.8. The van der Waals surface area contributed by atoms with Gasteiger partial charge in [-0.3, -0.25) is 4.79 Å². The van der Waals surface area contributed by atoms with E-state index in [0.717, 1.165) is 50.0 Å². The van der Waals surface area contributed by atoms with Crippen LogP contribution in [-0.2, 0) is 6.54 Å². The van der Waals surface area contributed by atoms with Gasteiger partial charge in [0, 0.05) is 36.5 Å². The molecule has 29 heavy (non-hydrogen) atoms. The van der Waals surface area contributed by atoms with Crippen molar-refractivity contribution in [2.45, 2.75) is 33.7 Å². The third-order valence-corrected chi connectivity index (χ3v) is 5.75. The number of aromatic amines is 1. The van der Waals surface area contributed by atoms with Gasteiger partial charge in [0.15, 0.2) is 16.6 Å². The molecule has 1 aromatic carbocycles. The lowest BCUT2D eigenvalue weighted by Gasteiger charge is -2.26. The molecule has 0 saturated carbocycles. The van der Waals surface area contributed by atoms with E-state index in [4.69, 9.17) is 21.7 Å². The van der Waals surface area contributed by atoms with E-state index in [-0.39, 0.29) is 12.4 Å². The molecular formula is C21H31N4O3S+. The maximum atomic E-state index is 12.7. The zero-order chi connectivity index (χ0) is 20.8. The first-order chi connectivity index (χ1) is 14.0. The zero-order valence-corrected chi connectivity index (χ0v) is 18.3. The van der Waals surface area contributed by atoms with E-state index in [0.29, 0.717) is 28.7 Å². The Kier molecular flexibility index (Phi) is 7.33. The van der Waals surface area contributed by atoms with Crippen molar-refractivity contribution in [1.82, 2.24) is 15.2 Å². The van der Waals surface area contributed by atoms with E-state index in [2.05, 4.69) is 29.0 Å². The Morgan fingerprint density at radius 1 is 1.21 bits per heavy atom. The van der Waals surface area contributed by atoms with Crippen molar-refractivity contribution in [2.24, 2.45) is 0 Å². The first kappa shape index (κ1) is 21.4. The number of benzene rings is 1. The SMILES string of the molecule is CCNC(=S)N(CCC[NH+](CC)CC)Cc1cc2cc3c(cc2[nH]c1=O)OCO3. The summed E-state index contributed by atoms with van der Waals surface area (Å²) in [7, 11) is 0. The molecule has 1 aliphatic heterocycles. The number of aromatic nitrogens is 1. The van der Waals surface area contributed by atoms with Crippen LogP contribution in [0.25, 0.3) is 10.9 Å². The van der Waals surface area contributed by atoms with Crippen LogP contribution in [0.4, 0.5) is 0 Å². The van der Waals surface area contributed by atoms with Crippen molar-refractivity contribution in [3.05, 3.63) is 34.1 Å². The highest BCUT2D eigenvalue weighted by atomic mass is 32.1. The second-order valence-electron chi connectivity index (χ2n) is 7.23. The molecule has 0 aliphatic carbocycles. The van der Waals surface area contributed by atoms with Crippen LogP contribution in [0.5, 0.6) is 11.5 Å². The van der Waals surface area contributed by atoms with Gasteiger partial charge in [0.1, 0.15) is 0 Å². The summed E-state index contributed by atoms with van der Waals surface area (Å²) in [6, 6.07) is 5.65. The van der Waals surface area contributed by atoms with Crippen LogP contribution >= 0.6 is 12.2 Å². The van der Waals surface area contributed by atoms with Gasteiger partial charge in [0.25, 0.3) is 5.56 Å². The van der Waals surface area contributed by atoms with Crippen molar-refractivity contribution in [3.8, 4) is 11.5 Å². The molecule has 7 nitrogen and oxygen atoms in total. The maximum absolute atomic E-state index is 12.7. The number of ether oxygens (including phenoxy) is 2. The molecule has 0 spiro atoms. The lowest BCUT2D eigenvalue weighted by atomic mass is 10.1. The molecule has 0 fully saturated rings. The van der Waals surface area contributed by atoms with Gasteiger partial charge in [-0.15, -0.1) is 0 Å². The number of quaternary nitrogens is 1. The number of rotatable bonds is 9. The summed E-state index contributed by atoms with van der Waals surface area (Å²) in [6.07, 6.45) is 1.02. The Labute approximate surface area is 177 Å². The highest BCUT2D eigenvalue weighted by Gasteiger charge is 2.17. The zero-order valence-electron chi connectivity index (χ0n) is 17.5. The van der Waals surface area contributed by atoms with E-state index in [1.165, 1.54) is 0 Å². The summed E-state index contributed by atoms with van der Waals surface area (Å²) < 4.78 is 10.9. The summed E-state index contributed by atoms with van der Waals surface area (Å²) >= 11 is 5.57. The number of nitrogens with one attached hydrogen (secondary N) is 3. The van der Waals surface area contributed by atoms with Crippen LogP contribution in [0.1, 0.15) is 32.8 Å². The highest BCUT2D eigenvalue weighted by Crippen LogP contribution is 2.35. The molecule has 158 valence electrons. The molecule has 0 saturated heterocycles. The number of pyridine rings is 1. The Hall–Kier alpha value is -2.32. The van der Waals surface area contributed by atoms with Crippen molar-refractivity contribution >= 4 is 28.2 Å². The second kappa shape index (κ2) is 9.93. The second-order valence-corrected chi connectivity index (χ2v) is 7.62. The Morgan fingerprint density at radius 2 is 1.93 bits per heavy atom. The molecule has 0 radical (unpaired) electrons. The molecule has 8 heteroatoms. The minimum atomic E-state index is -0.102. The average molecular weight is 420 g/mol. The number of hydrogen-bond donors (Lipinski definition) is 3. The van der Waals surface area contributed by atoms with Gasteiger partial charge >= 0.3 is 0 Å². The van der Waals surface area contributed by atoms with Gasteiger partial charge in [0.05, 0.1) is 31.7 Å². The van der Waals surface area contributed by atoms with E-state index >= 15 is 0 Å². The van der Waals surface area contributed by atoms with E-state index in [9.17, 15) is 4.79 Å². The molecule has 0 unspecified atom stereocenters. The predicted molar refractivity (Wildman–Crippen MR) is 119 cm³/mol. The number of nitrogens with zero attached hydrogens (tertiary/aromatic N) is 1. The molecule has 3 N–H and O–H groups in total. The van der Waals surface area contributed by atoms with Gasteiger partial charge in [0.2, 0.25) is 6.79 Å². The highest BCUT2D eigenvalue weighted by molar-refractivity contribution is 7.80. The van der Waals surface area contributed by atoms with Crippen molar-refractivity contribution in [3.63, 3.8) is 0 Å². The van der Waals surface area contributed by atoms with Crippen LogP contribution in [0.2, 0.25) is 0 Å². The number of fused-ring (bicyclic) bond motifs is 2. The topological polar surface area (TPSA) is 71.0 Å². The fraction of sp³-hybridized carbons (Fsp3) is 0.524. The Balaban J connectivity index is 1.79. The number of thiocarbonyl (C=S) groups is 1. The third kappa shape index (κ3) is 5.19. The van der Waals surface area contributed by atoms with Gasteiger partial charge in [-0.1, -0.05) is 0 Å². The summed E-state index contributed by atoms with van der Waals surface area (Å²) in [5, 5.41) is 4.83. The quantitative estimate of drug-likeness (QED) is 0.532. The maximum Gasteiger partial charge on any atom is 0.253 e. The molecule has 0 atom stereocenters. The average Bonchev–Trinajstić information content (AvgIpc) is 3.16. The summed E-state index contributed by atoms with van der Waals surface area (Å²) in [5.41, 5.74) is 1.33. The standard InChI is InChI=1S/C21H30N4O3S/c1-4-22-21(29)25(9-7-8-24(5-2)6-3)13-16-10-15-11-18-19(28-14-27-18)12-17(15)23-20(16)26/h10-12H,4-9,13-14H2,1-3H3,(H,22,29)(H,23,26)/p+1. The van der Waals surface area contributed by atoms with Gasteiger partial charge in [-0.05, 0) is 45.1 Å². The van der Waals surface area contributed by atoms with Crippen LogP contribution < -0.4 is 25.2 Å². The molecule has 1 aromatic heterocycles. The molecule has 0 amide bonds. The number of hydrogen-bond acceptors (Lipinski definition) is 4. The fourth-order valence-electron chi connectivity index (χ4n) is 3.60. The van der Waals surface area contributed by atoms with Gasteiger partial charge in [-0.2, -0.15) is 0 Å². The van der Waals surface area contributed by atoms with E-state index < -0.39 is 0 Å². The van der Waals surface area contributed by atoms with E-state index in [1.54, 1.807) is 4.90 Å². The lowest BCUT2D eigenvalue weighted by Crippen LogP contribution is -3.11. The lowest BCUT2D eigenvalue weighted by molar-refractivity contribution is -0.896. The molecule has 3 rings (SSSR count). The van der Waals surface area contributed by atoms with Crippen LogP contribution in [0, 0.1) is 0 Å². The third-order valence-electron chi connectivity index (χ3n) is 5.35. The van der Waals surface area contributed by atoms with E-state index in [1.807, 2.05) is 25.1 Å². The van der Waals surface area contributed by atoms with Gasteiger partial charge in [-0.25, -0.2) is 0 Å².